The molecule has 3 aromatic rings. The topological polar surface area (TPSA) is 85.8 Å². The summed E-state index contributed by atoms with van der Waals surface area (Å²) in [5.41, 5.74) is 4.05. The second-order valence-corrected chi connectivity index (χ2v) is 12.0. The number of carbonyl (C=O) groups excluding carboxylic acids is 1. The molecule has 1 fully saturated rings. The van der Waals surface area contributed by atoms with Crippen LogP contribution in [-0.4, -0.2) is 81.9 Å². The van der Waals surface area contributed by atoms with E-state index in [0.717, 1.165) is 47.7 Å². The van der Waals surface area contributed by atoms with Crippen LogP contribution in [0.4, 0.5) is 5.13 Å². The van der Waals surface area contributed by atoms with Gasteiger partial charge in [-0.05, 0) is 55.3 Å². The van der Waals surface area contributed by atoms with Crippen LogP contribution in [0.3, 0.4) is 0 Å². The quantitative estimate of drug-likeness (QED) is 0.536. The van der Waals surface area contributed by atoms with Crippen molar-refractivity contribution < 1.29 is 13.2 Å². The second-order valence-electron chi connectivity index (χ2n) is 8.82. The fourth-order valence-electron chi connectivity index (χ4n) is 4.08. The van der Waals surface area contributed by atoms with E-state index >= 15 is 0 Å². The molecule has 1 aliphatic heterocycles. The monoisotopic (exact) mass is 501 g/mol. The van der Waals surface area contributed by atoms with Crippen molar-refractivity contribution in [3.8, 4) is 0 Å². The first-order valence-electron chi connectivity index (χ1n) is 11.3. The summed E-state index contributed by atoms with van der Waals surface area (Å²) in [6.07, 6.45) is 0. The van der Waals surface area contributed by atoms with Gasteiger partial charge < -0.3 is 10.2 Å². The SMILES string of the molecule is Cc1cc(C)c2sc(N3CCN(CCNC(=O)c4ccc(S(=O)(=O)N(C)C)cc4)CC3)nc2c1. The molecule has 0 bridgehead atoms. The zero-order valence-corrected chi connectivity index (χ0v) is 21.7. The van der Waals surface area contributed by atoms with E-state index < -0.39 is 10.0 Å². The minimum Gasteiger partial charge on any atom is -0.351 e. The normalized spacial score (nSPS) is 15.3. The molecule has 1 aromatic heterocycles. The molecule has 0 radical (unpaired) electrons. The Labute approximate surface area is 205 Å². The Hall–Kier alpha value is -2.53. The lowest BCUT2D eigenvalue weighted by atomic mass is 10.1. The predicted molar refractivity (Wildman–Crippen MR) is 137 cm³/mol. The maximum absolute atomic E-state index is 12.5. The third kappa shape index (κ3) is 5.25. The van der Waals surface area contributed by atoms with Crippen LogP contribution >= 0.6 is 11.3 Å². The molecule has 1 aliphatic rings. The number of sulfonamides is 1. The molecule has 1 N–H and O–H groups in total. The minimum absolute atomic E-state index is 0.172. The van der Waals surface area contributed by atoms with Crippen molar-refractivity contribution in [3.63, 3.8) is 0 Å². The molecular formula is C24H31N5O3S2. The van der Waals surface area contributed by atoms with Gasteiger partial charge in [-0.15, -0.1) is 0 Å². The molecule has 0 aliphatic carbocycles. The van der Waals surface area contributed by atoms with E-state index in [4.69, 9.17) is 4.98 Å². The molecule has 8 nitrogen and oxygen atoms in total. The van der Waals surface area contributed by atoms with Gasteiger partial charge in [0, 0.05) is 58.9 Å². The van der Waals surface area contributed by atoms with Crippen molar-refractivity contribution >= 4 is 42.6 Å². The maximum atomic E-state index is 12.5. The highest BCUT2D eigenvalue weighted by Gasteiger charge is 2.21. The molecule has 0 unspecified atom stereocenters. The lowest BCUT2D eigenvalue weighted by Gasteiger charge is -2.34. The van der Waals surface area contributed by atoms with Crippen molar-refractivity contribution in [3.05, 3.63) is 53.1 Å². The molecule has 34 heavy (non-hydrogen) atoms. The van der Waals surface area contributed by atoms with Crippen LogP contribution in [0.2, 0.25) is 0 Å². The Bertz CT molecular complexity index is 1280. The number of anilines is 1. The maximum Gasteiger partial charge on any atom is 0.251 e. The molecule has 0 atom stereocenters. The number of piperazine rings is 1. The molecule has 4 rings (SSSR count). The fraction of sp³-hybridized carbons (Fsp3) is 0.417. The zero-order valence-electron chi connectivity index (χ0n) is 20.0. The highest BCUT2D eigenvalue weighted by molar-refractivity contribution is 7.89. The van der Waals surface area contributed by atoms with Gasteiger partial charge in [0.15, 0.2) is 5.13 Å². The molecule has 1 saturated heterocycles. The van der Waals surface area contributed by atoms with Gasteiger partial charge in [0.2, 0.25) is 10.0 Å². The number of nitrogens with zero attached hydrogens (tertiary/aromatic N) is 4. The number of hydrogen-bond donors (Lipinski definition) is 1. The number of amides is 1. The molecule has 2 aromatic carbocycles. The molecule has 0 spiro atoms. The summed E-state index contributed by atoms with van der Waals surface area (Å²) in [4.78, 5) is 22.2. The molecule has 182 valence electrons. The van der Waals surface area contributed by atoms with Crippen LogP contribution in [0.1, 0.15) is 21.5 Å². The summed E-state index contributed by atoms with van der Waals surface area (Å²) in [5, 5.41) is 4.01. The van der Waals surface area contributed by atoms with E-state index in [-0.39, 0.29) is 10.8 Å². The first-order chi connectivity index (χ1) is 16.1. The van der Waals surface area contributed by atoms with Crippen LogP contribution in [0.5, 0.6) is 0 Å². The van der Waals surface area contributed by atoms with Crippen LogP contribution in [-0.2, 0) is 10.0 Å². The first kappa shape index (κ1) is 24.6. The average Bonchev–Trinajstić information content (AvgIpc) is 3.24. The number of carbonyl (C=O) groups is 1. The predicted octanol–water partition coefficient (Wildman–Crippen LogP) is 2.72. The van der Waals surface area contributed by atoms with Gasteiger partial charge >= 0.3 is 0 Å². The van der Waals surface area contributed by atoms with Crippen LogP contribution in [0.15, 0.2) is 41.3 Å². The lowest BCUT2D eigenvalue weighted by Crippen LogP contribution is -2.48. The van der Waals surface area contributed by atoms with E-state index in [0.29, 0.717) is 12.1 Å². The third-order valence-electron chi connectivity index (χ3n) is 6.06. The molecular weight excluding hydrogens is 470 g/mol. The number of fused-ring (bicyclic) bond motifs is 1. The molecule has 10 heteroatoms. The number of benzene rings is 2. The van der Waals surface area contributed by atoms with Gasteiger partial charge in [-0.1, -0.05) is 17.4 Å². The summed E-state index contributed by atoms with van der Waals surface area (Å²) in [7, 11) is -0.535. The number of thiazole rings is 1. The summed E-state index contributed by atoms with van der Waals surface area (Å²) >= 11 is 1.76. The Kier molecular flexibility index (Phi) is 7.22. The van der Waals surface area contributed by atoms with Crippen LogP contribution in [0.25, 0.3) is 10.2 Å². The minimum atomic E-state index is -3.50. The molecule has 1 amide bonds. The standard InChI is InChI=1S/C24H31N5O3S2/c1-17-15-18(2)22-21(16-17)26-24(33-22)29-13-11-28(12-14-29)10-9-25-23(30)19-5-7-20(8-6-19)34(31,32)27(3)4/h5-8,15-16H,9-14H2,1-4H3,(H,25,30). The van der Waals surface area contributed by atoms with Gasteiger partial charge in [-0.3, -0.25) is 9.69 Å². The number of nitrogens with one attached hydrogen (secondary N) is 1. The van der Waals surface area contributed by atoms with Crippen molar-refractivity contribution in [1.82, 2.24) is 19.5 Å². The highest BCUT2D eigenvalue weighted by atomic mass is 32.2. The summed E-state index contributed by atoms with van der Waals surface area (Å²) < 4.78 is 26.7. The lowest BCUT2D eigenvalue weighted by molar-refractivity contribution is 0.0947. The fourth-order valence-corrected chi connectivity index (χ4v) is 6.05. The van der Waals surface area contributed by atoms with E-state index in [1.54, 1.807) is 23.5 Å². The zero-order chi connectivity index (χ0) is 24.5. The Morgan fingerprint density at radius 1 is 1.09 bits per heavy atom. The Balaban J connectivity index is 1.25. The number of rotatable bonds is 7. The Morgan fingerprint density at radius 2 is 1.76 bits per heavy atom. The number of hydrogen-bond acceptors (Lipinski definition) is 7. The number of aryl methyl sites for hydroxylation is 2. The summed E-state index contributed by atoms with van der Waals surface area (Å²) in [6.45, 7) is 9.21. The van der Waals surface area contributed by atoms with E-state index in [9.17, 15) is 13.2 Å². The molecule has 0 saturated carbocycles. The third-order valence-corrected chi connectivity index (χ3v) is 9.16. The van der Waals surface area contributed by atoms with E-state index in [1.807, 2.05) is 0 Å². The first-order valence-corrected chi connectivity index (χ1v) is 13.6. The highest BCUT2D eigenvalue weighted by Crippen LogP contribution is 2.32. The average molecular weight is 502 g/mol. The largest absolute Gasteiger partial charge is 0.351 e. The van der Waals surface area contributed by atoms with Crippen LogP contribution < -0.4 is 10.2 Å². The van der Waals surface area contributed by atoms with Gasteiger partial charge in [-0.25, -0.2) is 17.7 Å². The van der Waals surface area contributed by atoms with Gasteiger partial charge in [0.1, 0.15) is 0 Å². The van der Waals surface area contributed by atoms with Crippen molar-refractivity contribution in [2.24, 2.45) is 0 Å². The van der Waals surface area contributed by atoms with Crippen molar-refractivity contribution in [1.29, 1.82) is 0 Å². The van der Waals surface area contributed by atoms with Gasteiger partial charge in [0.05, 0.1) is 15.1 Å². The van der Waals surface area contributed by atoms with Gasteiger partial charge in [-0.2, -0.15) is 0 Å². The van der Waals surface area contributed by atoms with Crippen molar-refractivity contribution in [2.75, 3.05) is 58.3 Å². The summed E-state index contributed by atoms with van der Waals surface area (Å²) in [6, 6.07) is 10.4. The van der Waals surface area contributed by atoms with E-state index in [2.05, 4.69) is 41.1 Å². The van der Waals surface area contributed by atoms with Gasteiger partial charge in [0.25, 0.3) is 5.91 Å². The van der Waals surface area contributed by atoms with Crippen molar-refractivity contribution in [2.45, 2.75) is 18.7 Å². The smallest absolute Gasteiger partial charge is 0.251 e. The Morgan fingerprint density at radius 3 is 2.41 bits per heavy atom. The number of aromatic nitrogens is 1. The second kappa shape index (κ2) is 9.99. The summed E-state index contributed by atoms with van der Waals surface area (Å²) in [5.74, 6) is -0.201. The van der Waals surface area contributed by atoms with E-state index in [1.165, 1.54) is 42.1 Å². The molecule has 2 heterocycles. The van der Waals surface area contributed by atoms with Crippen LogP contribution in [0, 0.1) is 13.8 Å².